The molecule has 0 N–H and O–H groups in total. The minimum atomic E-state index is -3.47. The third-order valence-electron chi connectivity index (χ3n) is 4.94. The van der Waals surface area contributed by atoms with Crippen molar-refractivity contribution in [3.05, 3.63) is 60.7 Å². The Morgan fingerprint density at radius 2 is 1.61 bits per heavy atom. The number of aryl methyl sites for hydroxylation is 1. The second kappa shape index (κ2) is 7.69. The molecule has 4 rings (SSSR count). The Morgan fingerprint density at radius 1 is 0.929 bits per heavy atom. The van der Waals surface area contributed by atoms with E-state index in [2.05, 4.69) is 20.1 Å². The van der Waals surface area contributed by atoms with E-state index < -0.39 is 10.0 Å². The number of benzene rings is 1. The Balaban J connectivity index is 1.42. The second-order valence-electron chi connectivity index (χ2n) is 6.61. The fourth-order valence-corrected chi connectivity index (χ4v) is 4.65. The molecule has 3 aromatic rings. The fraction of sp³-hybridized carbons (Fsp3) is 0.316. The van der Waals surface area contributed by atoms with Crippen molar-refractivity contribution in [3.8, 4) is 5.82 Å². The van der Waals surface area contributed by atoms with Crippen LogP contribution in [0.15, 0.2) is 60.0 Å². The number of aromatic nitrogens is 4. The van der Waals surface area contributed by atoms with Gasteiger partial charge in [-0.2, -0.15) is 4.31 Å². The SMILES string of the molecule is CCc1ccc(S(=O)(=O)N2CCN(c3ccc(-n4ccnc4)nn3)CC2)cc1. The number of piperazine rings is 1. The van der Waals surface area contributed by atoms with Crippen LogP contribution >= 0.6 is 0 Å². The first kappa shape index (κ1) is 18.6. The molecule has 0 saturated carbocycles. The molecule has 2 aromatic heterocycles. The number of rotatable bonds is 5. The Morgan fingerprint density at radius 3 is 2.18 bits per heavy atom. The van der Waals surface area contributed by atoms with Crippen LogP contribution < -0.4 is 4.90 Å². The summed E-state index contributed by atoms with van der Waals surface area (Å²) in [5.74, 6) is 1.44. The Labute approximate surface area is 164 Å². The predicted molar refractivity (Wildman–Crippen MR) is 106 cm³/mol. The van der Waals surface area contributed by atoms with Crippen LogP contribution in [0.1, 0.15) is 12.5 Å². The monoisotopic (exact) mass is 398 g/mol. The highest BCUT2D eigenvalue weighted by Crippen LogP contribution is 2.20. The molecule has 1 aliphatic rings. The van der Waals surface area contributed by atoms with E-state index in [0.29, 0.717) is 36.9 Å². The molecule has 1 saturated heterocycles. The van der Waals surface area contributed by atoms with Crippen LogP contribution in [0.3, 0.4) is 0 Å². The maximum Gasteiger partial charge on any atom is 0.243 e. The van der Waals surface area contributed by atoms with Crippen molar-refractivity contribution in [2.75, 3.05) is 31.1 Å². The molecule has 0 unspecified atom stereocenters. The molecule has 3 heterocycles. The van der Waals surface area contributed by atoms with Crippen molar-refractivity contribution < 1.29 is 8.42 Å². The Kier molecular flexibility index (Phi) is 5.10. The van der Waals surface area contributed by atoms with Gasteiger partial charge < -0.3 is 4.90 Å². The van der Waals surface area contributed by atoms with Crippen LogP contribution in [-0.4, -0.2) is 58.7 Å². The van der Waals surface area contributed by atoms with Crippen molar-refractivity contribution in [1.29, 1.82) is 0 Å². The van der Waals surface area contributed by atoms with Gasteiger partial charge in [-0.3, -0.25) is 4.57 Å². The summed E-state index contributed by atoms with van der Waals surface area (Å²) in [6.07, 6.45) is 6.05. The van der Waals surface area contributed by atoms with E-state index in [0.717, 1.165) is 17.8 Å². The largest absolute Gasteiger partial charge is 0.352 e. The van der Waals surface area contributed by atoms with Gasteiger partial charge in [0.2, 0.25) is 10.0 Å². The van der Waals surface area contributed by atoms with Gasteiger partial charge in [-0.15, -0.1) is 10.2 Å². The highest BCUT2D eigenvalue weighted by molar-refractivity contribution is 7.89. The quantitative estimate of drug-likeness (QED) is 0.651. The van der Waals surface area contributed by atoms with Crippen LogP contribution in [-0.2, 0) is 16.4 Å². The maximum absolute atomic E-state index is 12.9. The minimum absolute atomic E-state index is 0.350. The van der Waals surface area contributed by atoms with Gasteiger partial charge in [0.25, 0.3) is 0 Å². The van der Waals surface area contributed by atoms with E-state index >= 15 is 0 Å². The van der Waals surface area contributed by atoms with Crippen molar-refractivity contribution in [1.82, 2.24) is 24.1 Å². The molecule has 146 valence electrons. The van der Waals surface area contributed by atoms with Gasteiger partial charge in [0, 0.05) is 38.6 Å². The zero-order valence-corrected chi connectivity index (χ0v) is 16.5. The van der Waals surface area contributed by atoms with Gasteiger partial charge in [-0.05, 0) is 36.2 Å². The van der Waals surface area contributed by atoms with E-state index in [-0.39, 0.29) is 0 Å². The summed E-state index contributed by atoms with van der Waals surface area (Å²) >= 11 is 0. The lowest BCUT2D eigenvalue weighted by Crippen LogP contribution is -2.49. The smallest absolute Gasteiger partial charge is 0.243 e. The summed E-state index contributed by atoms with van der Waals surface area (Å²) in [5, 5.41) is 8.51. The molecule has 0 bridgehead atoms. The van der Waals surface area contributed by atoms with E-state index in [1.165, 1.54) is 4.31 Å². The van der Waals surface area contributed by atoms with Crippen molar-refractivity contribution in [3.63, 3.8) is 0 Å². The first-order valence-corrected chi connectivity index (χ1v) is 10.7. The third kappa shape index (κ3) is 3.63. The van der Waals surface area contributed by atoms with Crippen molar-refractivity contribution in [2.24, 2.45) is 0 Å². The van der Waals surface area contributed by atoms with Gasteiger partial charge in [0.05, 0.1) is 4.90 Å². The number of hydrogen-bond acceptors (Lipinski definition) is 6. The molecule has 0 radical (unpaired) electrons. The first-order chi connectivity index (χ1) is 13.6. The fourth-order valence-electron chi connectivity index (χ4n) is 3.22. The summed E-state index contributed by atoms with van der Waals surface area (Å²) in [6.45, 7) is 4.04. The predicted octanol–water partition coefficient (Wildman–Crippen LogP) is 1.74. The molecular formula is C19H22N6O2S. The van der Waals surface area contributed by atoms with Gasteiger partial charge in [-0.25, -0.2) is 13.4 Å². The summed E-state index contributed by atoms with van der Waals surface area (Å²) in [5.41, 5.74) is 1.13. The van der Waals surface area contributed by atoms with E-state index in [9.17, 15) is 8.42 Å². The van der Waals surface area contributed by atoms with E-state index in [1.807, 2.05) is 31.2 Å². The number of nitrogens with zero attached hydrogens (tertiary/aromatic N) is 6. The lowest BCUT2D eigenvalue weighted by Gasteiger charge is -2.34. The topological polar surface area (TPSA) is 84.2 Å². The summed E-state index contributed by atoms with van der Waals surface area (Å²) < 4.78 is 29.1. The maximum atomic E-state index is 12.9. The molecule has 0 amide bonds. The van der Waals surface area contributed by atoms with Crippen molar-refractivity contribution >= 4 is 15.8 Å². The number of sulfonamides is 1. The van der Waals surface area contributed by atoms with Crippen LogP contribution in [0.4, 0.5) is 5.82 Å². The molecule has 0 spiro atoms. The molecule has 8 nitrogen and oxygen atoms in total. The summed E-state index contributed by atoms with van der Waals surface area (Å²) in [7, 11) is -3.47. The normalized spacial score (nSPS) is 15.7. The highest BCUT2D eigenvalue weighted by Gasteiger charge is 2.29. The van der Waals surface area contributed by atoms with Gasteiger partial charge in [-0.1, -0.05) is 19.1 Å². The molecule has 1 aromatic carbocycles. The zero-order valence-electron chi connectivity index (χ0n) is 15.6. The lowest BCUT2D eigenvalue weighted by molar-refractivity contribution is 0.383. The van der Waals surface area contributed by atoms with E-state index in [4.69, 9.17) is 0 Å². The molecule has 0 atom stereocenters. The minimum Gasteiger partial charge on any atom is -0.352 e. The van der Waals surface area contributed by atoms with Gasteiger partial charge in [0.15, 0.2) is 11.6 Å². The van der Waals surface area contributed by atoms with Crippen LogP contribution in [0.25, 0.3) is 5.82 Å². The molecule has 0 aliphatic carbocycles. The third-order valence-corrected chi connectivity index (χ3v) is 6.85. The van der Waals surface area contributed by atoms with Gasteiger partial charge >= 0.3 is 0 Å². The summed E-state index contributed by atoms with van der Waals surface area (Å²) in [4.78, 5) is 6.40. The first-order valence-electron chi connectivity index (χ1n) is 9.24. The standard InChI is InChI=1S/C19H22N6O2S/c1-2-16-3-5-17(6-4-16)28(26,27)25-13-11-23(12-14-25)18-7-8-19(22-21-18)24-10-9-20-15-24/h3-10,15H,2,11-14H2,1H3. The molecular weight excluding hydrogens is 376 g/mol. The molecule has 1 aliphatic heterocycles. The van der Waals surface area contributed by atoms with Crippen LogP contribution in [0.2, 0.25) is 0 Å². The number of imidazole rings is 1. The average molecular weight is 398 g/mol. The van der Waals surface area contributed by atoms with Gasteiger partial charge in [0.1, 0.15) is 6.33 Å². The van der Waals surface area contributed by atoms with Crippen LogP contribution in [0.5, 0.6) is 0 Å². The molecule has 28 heavy (non-hydrogen) atoms. The number of hydrogen-bond donors (Lipinski definition) is 0. The highest BCUT2D eigenvalue weighted by atomic mass is 32.2. The second-order valence-corrected chi connectivity index (χ2v) is 8.55. The Hall–Kier alpha value is -2.78. The lowest BCUT2D eigenvalue weighted by atomic mass is 10.2. The number of anilines is 1. The molecule has 9 heteroatoms. The van der Waals surface area contributed by atoms with Crippen LogP contribution in [0, 0.1) is 0 Å². The Bertz CT molecular complexity index is 1010. The summed E-state index contributed by atoms with van der Waals surface area (Å²) in [6, 6.07) is 10.9. The average Bonchev–Trinajstić information content (AvgIpc) is 3.29. The van der Waals surface area contributed by atoms with Crippen molar-refractivity contribution in [2.45, 2.75) is 18.2 Å². The van der Waals surface area contributed by atoms with E-state index in [1.54, 1.807) is 35.4 Å². The zero-order chi connectivity index (χ0) is 19.6. The molecule has 1 fully saturated rings.